The lowest BCUT2D eigenvalue weighted by atomic mass is 9.95. The molecule has 1 aromatic rings. The maximum atomic E-state index is 11.4. The fourth-order valence-corrected chi connectivity index (χ4v) is 2.26. The molecule has 0 amide bonds. The molecule has 110 valence electrons. The third kappa shape index (κ3) is 3.53. The Morgan fingerprint density at radius 2 is 2.15 bits per heavy atom. The van der Waals surface area contributed by atoms with Crippen LogP contribution in [0, 0.1) is 0 Å². The van der Waals surface area contributed by atoms with E-state index in [0.29, 0.717) is 29.7 Å². The molecule has 0 aliphatic heterocycles. The van der Waals surface area contributed by atoms with Crippen LogP contribution in [0.2, 0.25) is 0 Å². The number of carboxylic acid groups (broad SMARTS) is 1. The lowest BCUT2D eigenvalue weighted by Gasteiger charge is -2.15. The van der Waals surface area contributed by atoms with Crippen molar-refractivity contribution < 1.29 is 19.7 Å². The van der Waals surface area contributed by atoms with Crippen LogP contribution in [0.1, 0.15) is 47.7 Å². The fourth-order valence-electron chi connectivity index (χ4n) is 2.26. The van der Waals surface area contributed by atoms with Crippen LogP contribution in [-0.2, 0) is 12.8 Å². The lowest BCUT2D eigenvalue weighted by Crippen LogP contribution is -2.07. The van der Waals surface area contributed by atoms with E-state index in [1.807, 2.05) is 0 Å². The fraction of sp³-hybridized carbons (Fsp3) is 0.438. The minimum Gasteiger partial charge on any atom is -0.507 e. The minimum absolute atomic E-state index is 0.0150. The molecule has 0 aliphatic rings. The van der Waals surface area contributed by atoms with Gasteiger partial charge in [0.1, 0.15) is 17.1 Å². The summed E-state index contributed by atoms with van der Waals surface area (Å²) >= 11 is 0. The predicted octanol–water partition coefficient (Wildman–Crippen LogP) is 3.56. The molecule has 0 spiro atoms. The zero-order valence-electron chi connectivity index (χ0n) is 12.1. The van der Waals surface area contributed by atoms with E-state index in [1.165, 1.54) is 7.11 Å². The number of aryl methyl sites for hydroxylation is 1. The summed E-state index contributed by atoms with van der Waals surface area (Å²) in [6.45, 7) is 5.70. The Bertz CT molecular complexity index is 492. The van der Waals surface area contributed by atoms with Gasteiger partial charge in [-0.05, 0) is 30.9 Å². The van der Waals surface area contributed by atoms with Gasteiger partial charge in [-0.2, -0.15) is 0 Å². The number of ether oxygens (including phenoxy) is 1. The molecular weight excluding hydrogens is 256 g/mol. The number of benzene rings is 1. The number of rotatable bonds is 8. The van der Waals surface area contributed by atoms with Crippen LogP contribution in [0.5, 0.6) is 11.5 Å². The number of carboxylic acids is 1. The number of hydrogen-bond donors (Lipinski definition) is 2. The van der Waals surface area contributed by atoms with Crippen molar-refractivity contribution in [3.63, 3.8) is 0 Å². The van der Waals surface area contributed by atoms with Crippen molar-refractivity contribution in [3.05, 3.63) is 35.4 Å². The van der Waals surface area contributed by atoms with Crippen LogP contribution in [0.25, 0.3) is 0 Å². The number of methoxy groups -OCH3 is 1. The number of hydrogen-bond acceptors (Lipinski definition) is 3. The third-order valence-electron chi connectivity index (χ3n) is 3.28. The summed E-state index contributed by atoms with van der Waals surface area (Å²) in [4.78, 5) is 11.4. The van der Waals surface area contributed by atoms with E-state index in [9.17, 15) is 15.0 Å². The highest BCUT2D eigenvalue weighted by atomic mass is 16.5. The van der Waals surface area contributed by atoms with Gasteiger partial charge in [0.2, 0.25) is 0 Å². The van der Waals surface area contributed by atoms with Gasteiger partial charge in [0.05, 0.1) is 7.11 Å². The van der Waals surface area contributed by atoms with E-state index in [4.69, 9.17) is 4.74 Å². The molecule has 4 nitrogen and oxygen atoms in total. The van der Waals surface area contributed by atoms with Gasteiger partial charge in [-0.15, -0.1) is 6.58 Å². The Balaban J connectivity index is 3.31. The largest absolute Gasteiger partial charge is 0.507 e. The summed E-state index contributed by atoms with van der Waals surface area (Å²) in [6, 6.07) is 1.72. The van der Waals surface area contributed by atoms with Gasteiger partial charge in [0.25, 0.3) is 0 Å². The van der Waals surface area contributed by atoms with Crippen molar-refractivity contribution in [2.75, 3.05) is 7.11 Å². The van der Waals surface area contributed by atoms with E-state index >= 15 is 0 Å². The first-order valence-electron chi connectivity index (χ1n) is 6.82. The SMILES string of the molecule is C=CCc1c(OC)cc(CCCCC)c(C(=O)O)c1O. The van der Waals surface area contributed by atoms with Crippen LogP contribution < -0.4 is 4.74 Å². The quantitative estimate of drug-likeness (QED) is 0.563. The Morgan fingerprint density at radius 1 is 1.45 bits per heavy atom. The molecule has 4 heteroatoms. The second-order valence-corrected chi connectivity index (χ2v) is 4.70. The van der Waals surface area contributed by atoms with Gasteiger partial charge in [-0.1, -0.05) is 25.8 Å². The molecule has 0 atom stereocenters. The molecule has 0 radical (unpaired) electrons. The van der Waals surface area contributed by atoms with Crippen LogP contribution in [0.4, 0.5) is 0 Å². The smallest absolute Gasteiger partial charge is 0.339 e. The van der Waals surface area contributed by atoms with Crippen molar-refractivity contribution in [1.82, 2.24) is 0 Å². The maximum absolute atomic E-state index is 11.4. The Labute approximate surface area is 119 Å². The average Bonchev–Trinajstić information content (AvgIpc) is 2.41. The van der Waals surface area contributed by atoms with Crippen molar-refractivity contribution >= 4 is 5.97 Å². The molecule has 1 rings (SSSR count). The standard InChI is InChI=1S/C16H22O4/c1-4-6-7-9-11-10-13(20-3)12(8-5-2)15(17)14(11)16(18)19/h5,10,17H,2,4,6-9H2,1,3H3,(H,18,19). The first kappa shape index (κ1) is 16.1. The Kier molecular flexibility index (Phi) is 6.10. The molecule has 0 bridgehead atoms. The van der Waals surface area contributed by atoms with Crippen molar-refractivity contribution in [2.24, 2.45) is 0 Å². The summed E-state index contributed by atoms with van der Waals surface area (Å²) in [7, 11) is 1.51. The molecule has 0 unspecified atom stereocenters. The van der Waals surface area contributed by atoms with Gasteiger partial charge in [0.15, 0.2) is 0 Å². The zero-order valence-corrected chi connectivity index (χ0v) is 12.1. The predicted molar refractivity (Wildman–Crippen MR) is 78.7 cm³/mol. The number of aromatic hydroxyl groups is 1. The number of allylic oxidation sites excluding steroid dienone is 1. The summed E-state index contributed by atoms with van der Waals surface area (Å²) in [5.41, 5.74) is 1.08. The van der Waals surface area contributed by atoms with Crippen molar-refractivity contribution in [1.29, 1.82) is 0 Å². The van der Waals surface area contributed by atoms with E-state index in [1.54, 1.807) is 12.1 Å². The van der Waals surface area contributed by atoms with Gasteiger partial charge in [0, 0.05) is 5.56 Å². The highest BCUT2D eigenvalue weighted by Gasteiger charge is 2.21. The summed E-state index contributed by atoms with van der Waals surface area (Å²) in [5, 5.41) is 19.6. The van der Waals surface area contributed by atoms with E-state index < -0.39 is 5.97 Å². The molecule has 0 aliphatic carbocycles. The lowest BCUT2D eigenvalue weighted by molar-refractivity contribution is 0.0692. The Hall–Kier alpha value is -1.97. The molecule has 0 heterocycles. The van der Waals surface area contributed by atoms with Crippen LogP contribution >= 0.6 is 0 Å². The van der Waals surface area contributed by atoms with Gasteiger partial charge < -0.3 is 14.9 Å². The highest BCUT2D eigenvalue weighted by Crippen LogP contribution is 2.35. The molecule has 1 aromatic carbocycles. The van der Waals surface area contributed by atoms with Crippen LogP contribution in [-0.4, -0.2) is 23.3 Å². The third-order valence-corrected chi connectivity index (χ3v) is 3.28. The molecule has 20 heavy (non-hydrogen) atoms. The average molecular weight is 278 g/mol. The second-order valence-electron chi connectivity index (χ2n) is 4.70. The molecular formula is C16H22O4. The number of phenols is 1. The maximum Gasteiger partial charge on any atom is 0.339 e. The molecule has 0 saturated heterocycles. The highest BCUT2D eigenvalue weighted by molar-refractivity contribution is 5.93. The monoisotopic (exact) mass is 278 g/mol. The molecule has 0 fully saturated rings. The van der Waals surface area contributed by atoms with Crippen molar-refractivity contribution in [3.8, 4) is 11.5 Å². The normalized spacial score (nSPS) is 10.3. The molecule has 2 N–H and O–H groups in total. The van der Waals surface area contributed by atoms with Crippen LogP contribution in [0.15, 0.2) is 18.7 Å². The van der Waals surface area contributed by atoms with Gasteiger partial charge >= 0.3 is 5.97 Å². The topological polar surface area (TPSA) is 66.8 Å². The number of aromatic carboxylic acids is 1. The zero-order chi connectivity index (χ0) is 15.1. The first-order valence-corrected chi connectivity index (χ1v) is 6.82. The van der Waals surface area contributed by atoms with Gasteiger partial charge in [-0.25, -0.2) is 4.79 Å². The number of carbonyl (C=O) groups is 1. The van der Waals surface area contributed by atoms with E-state index in [-0.39, 0.29) is 11.3 Å². The first-order chi connectivity index (χ1) is 9.56. The second kappa shape index (κ2) is 7.58. The van der Waals surface area contributed by atoms with Crippen LogP contribution in [0.3, 0.4) is 0 Å². The minimum atomic E-state index is -1.11. The summed E-state index contributed by atoms with van der Waals surface area (Å²) < 4.78 is 5.26. The summed E-state index contributed by atoms with van der Waals surface area (Å²) in [5.74, 6) is -0.802. The number of unbranched alkanes of at least 4 members (excludes halogenated alkanes) is 2. The molecule has 0 aromatic heterocycles. The molecule has 0 saturated carbocycles. The van der Waals surface area contributed by atoms with Gasteiger partial charge in [-0.3, -0.25) is 0 Å². The van der Waals surface area contributed by atoms with E-state index in [0.717, 1.165) is 19.3 Å². The summed E-state index contributed by atoms with van der Waals surface area (Å²) in [6.07, 6.45) is 5.56. The van der Waals surface area contributed by atoms with Crippen molar-refractivity contribution in [2.45, 2.75) is 39.0 Å². The Morgan fingerprint density at radius 3 is 2.65 bits per heavy atom. The van der Waals surface area contributed by atoms with E-state index in [2.05, 4.69) is 13.5 Å².